The van der Waals surface area contributed by atoms with Gasteiger partial charge in [0.1, 0.15) is 9.88 Å². The van der Waals surface area contributed by atoms with Gasteiger partial charge in [0.25, 0.3) is 5.91 Å². The highest BCUT2D eigenvalue weighted by Crippen LogP contribution is 2.29. The molecule has 2 rings (SSSR count). The van der Waals surface area contributed by atoms with Crippen molar-refractivity contribution in [3.8, 4) is 10.6 Å². The second kappa shape index (κ2) is 6.14. The second-order valence-electron chi connectivity index (χ2n) is 3.81. The lowest BCUT2D eigenvalue weighted by atomic mass is 10.2. The number of nitrogens with one attached hydrogen (secondary N) is 1. The molecule has 19 heavy (non-hydrogen) atoms. The first-order valence-corrected chi connectivity index (χ1v) is 6.96. The van der Waals surface area contributed by atoms with Gasteiger partial charge in [0.2, 0.25) is 0 Å². The monoisotopic (exact) mass is 296 g/mol. The zero-order chi connectivity index (χ0) is 13.8. The van der Waals surface area contributed by atoms with Crippen LogP contribution in [0.3, 0.4) is 0 Å². The lowest BCUT2D eigenvalue weighted by Crippen LogP contribution is -2.23. The summed E-state index contributed by atoms with van der Waals surface area (Å²) in [6, 6.07) is 7.39. The number of hydroxylamine groups is 1. The average Bonchev–Trinajstić information content (AvgIpc) is 2.78. The third-order valence-corrected chi connectivity index (χ3v) is 3.82. The van der Waals surface area contributed by atoms with E-state index >= 15 is 0 Å². The van der Waals surface area contributed by atoms with Crippen molar-refractivity contribution < 1.29 is 9.63 Å². The van der Waals surface area contributed by atoms with E-state index in [2.05, 4.69) is 10.5 Å². The Morgan fingerprint density at radius 3 is 3.00 bits per heavy atom. The highest BCUT2D eigenvalue weighted by Gasteiger charge is 2.16. The first kappa shape index (κ1) is 14.0. The van der Waals surface area contributed by atoms with Gasteiger partial charge in [-0.25, -0.2) is 10.5 Å². The van der Waals surface area contributed by atoms with E-state index in [4.69, 9.17) is 16.4 Å². The van der Waals surface area contributed by atoms with Crippen molar-refractivity contribution in [3.05, 3.63) is 39.9 Å². The molecule has 0 fully saturated rings. The van der Waals surface area contributed by atoms with Crippen LogP contribution in [-0.4, -0.2) is 17.5 Å². The van der Waals surface area contributed by atoms with E-state index in [0.29, 0.717) is 22.2 Å². The van der Waals surface area contributed by atoms with Gasteiger partial charge in [0.05, 0.1) is 12.3 Å². The van der Waals surface area contributed by atoms with Gasteiger partial charge >= 0.3 is 0 Å². The Morgan fingerprint density at radius 1 is 1.53 bits per heavy atom. The zero-order valence-electron chi connectivity index (χ0n) is 10.6. The van der Waals surface area contributed by atoms with Crippen LogP contribution in [0.2, 0.25) is 5.02 Å². The number of hydrogen-bond acceptors (Lipinski definition) is 4. The number of aromatic nitrogens is 1. The summed E-state index contributed by atoms with van der Waals surface area (Å²) < 4.78 is 0. The molecule has 1 amide bonds. The minimum atomic E-state index is -0.273. The van der Waals surface area contributed by atoms with E-state index < -0.39 is 0 Å². The predicted octanol–water partition coefficient (Wildman–Crippen LogP) is 3.45. The second-order valence-corrected chi connectivity index (χ2v) is 5.24. The van der Waals surface area contributed by atoms with Gasteiger partial charge in [-0.3, -0.25) is 9.63 Å². The summed E-state index contributed by atoms with van der Waals surface area (Å²) in [5.74, 6) is -0.273. The van der Waals surface area contributed by atoms with Crippen LogP contribution in [0.1, 0.15) is 22.3 Å². The van der Waals surface area contributed by atoms with Crippen LogP contribution in [0.4, 0.5) is 0 Å². The van der Waals surface area contributed by atoms with Crippen molar-refractivity contribution in [1.82, 2.24) is 10.5 Å². The van der Waals surface area contributed by atoms with E-state index in [1.165, 1.54) is 11.3 Å². The summed E-state index contributed by atoms with van der Waals surface area (Å²) in [7, 11) is 0. The lowest BCUT2D eigenvalue weighted by Gasteiger charge is -2.01. The van der Waals surface area contributed by atoms with Crippen molar-refractivity contribution in [2.45, 2.75) is 13.8 Å². The van der Waals surface area contributed by atoms with Gasteiger partial charge in [0, 0.05) is 10.6 Å². The number of rotatable bonds is 4. The smallest absolute Gasteiger partial charge is 0.274 e. The number of halogens is 1. The molecule has 6 heteroatoms. The normalized spacial score (nSPS) is 10.5. The van der Waals surface area contributed by atoms with Gasteiger partial charge in [-0.15, -0.1) is 11.3 Å². The van der Waals surface area contributed by atoms with E-state index in [0.717, 1.165) is 10.6 Å². The highest BCUT2D eigenvalue weighted by atomic mass is 35.5. The number of carbonyl (C=O) groups is 1. The molecule has 1 heterocycles. The van der Waals surface area contributed by atoms with Crippen molar-refractivity contribution >= 4 is 28.8 Å². The van der Waals surface area contributed by atoms with Gasteiger partial charge in [-0.1, -0.05) is 23.7 Å². The molecule has 0 aliphatic rings. The first-order valence-electron chi connectivity index (χ1n) is 5.77. The maximum atomic E-state index is 11.8. The topological polar surface area (TPSA) is 51.2 Å². The lowest BCUT2D eigenvalue weighted by molar-refractivity contribution is 0.0367. The first-order chi connectivity index (χ1) is 9.11. The number of amides is 1. The molecule has 0 atom stereocenters. The molecule has 0 bridgehead atoms. The molecule has 1 N–H and O–H groups in total. The molecule has 0 unspecified atom stereocenters. The largest absolute Gasteiger partial charge is 0.286 e. The fourth-order valence-electron chi connectivity index (χ4n) is 1.54. The number of carbonyl (C=O) groups excluding carboxylic acids is 1. The van der Waals surface area contributed by atoms with Crippen molar-refractivity contribution in [1.29, 1.82) is 0 Å². The van der Waals surface area contributed by atoms with Crippen LogP contribution in [0.25, 0.3) is 10.6 Å². The zero-order valence-corrected chi connectivity index (χ0v) is 12.1. The minimum Gasteiger partial charge on any atom is -0.274 e. The van der Waals surface area contributed by atoms with Crippen LogP contribution in [0, 0.1) is 6.92 Å². The van der Waals surface area contributed by atoms with Crippen molar-refractivity contribution in [2.24, 2.45) is 0 Å². The summed E-state index contributed by atoms with van der Waals surface area (Å²) in [5.41, 5.74) is 3.95. The summed E-state index contributed by atoms with van der Waals surface area (Å²) in [5, 5.41) is 1.41. The molecular formula is C13H13ClN2O2S. The van der Waals surface area contributed by atoms with E-state index in [9.17, 15) is 4.79 Å². The van der Waals surface area contributed by atoms with Crippen LogP contribution in [0.15, 0.2) is 24.3 Å². The third-order valence-electron chi connectivity index (χ3n) is 2.38. The standard InChI is InChI=1S/C13H13ClN2O2S/c1-3-18-16-12(17)11-8(2)15-13(19-11)9-5-4-6-10(14)7-9/h4-7H,3H2,1-2H3,(H,16,17). The van der Waals surface area contributed by atoms with Crippen molar-refractivity contribution in [3.63, 3.8) is 0 Å². The van der Waals surface area contributed by atoms with Gasteiger partial charge in [-0.05, 0) is 26.0 Å². The van der Waals surface area contributed by atoms with Crippen molar-refractivity contribution in [2.75, 3.05) is 6.61 Å². The SMILES string of the molecule is CCONC(=O)c1sc(-c2cccc(Cl)c2)nc1C. The van der Waals surface area contributed by atoms with Crippen LogP contribution < -0.4 is 5.48 Å². The number of benzene rings is 1. The number of hydrogen-bond donors (Lipinski definition) is 1. The van der Waals surface area contributed by atoms with Gasteiger partial charge in [0.15, 0.2) is 0 Å². The Bertz CT molecular complexity index is 598. The Hall–Kier alpha value is -1.43. The number of aryl methyl sites for hydroxylation is 1. The fourth-order valence-corrected chi connectivity index (χ4v) is 2.67. The Morgan fingerprint density at radius 2 is 2.32 bits per heavy atom. The molecule has 0 saturated carbocycles. The predicted molar refractivity (Wildman–Crippen MR) is 76.4 cm³/mol. The van der Waals surface area contributed by atoms with E-state index in [-0.39, 0.29) is 5.91 Å². The Balaban J connectivity index is 2.28. The molecule has 0 radical (unpaired) electrons. The van der Waals surface area contributed by atoms with E-state index in [1.807, 2.05) is 18.2 Å². The molecule has 100 valence electrons. The molecule has 1 aromatic carbocycles. The number of nitrogens with zero attached hydrogens (tertiary/aromatic N) is 1. The third kappa shape index (κ3) is 3.32. The van der Waals surface area contributed by atoms with Crippen LogP contribution in [-0.2, 0) is 4.84 Å². The number of thiazole rings is 1. The molecule has 4 nitrogen and oxygen atoms in total. The van der Waals surface area contributed by atoms with E-state index in [1.54, 1.807) is 19.9 Å². The molecule has 0 saturated heterocycles. The molecule has 0 aliphatic carbocycles. The molecule has 2 aromatic rings. The van der Waals surface area contributed by atoms with Crippen LogP contribution >= 0.6 is 22.9 Å². The summed E-state index contributed by atoms with van der Waals surface area (Å²) in [6.07, 6.45) is 0. The summed E-state index contributed by atoms with van der Waals surface area (Å²) in [4.78, 5) is 21.7. The highest BCUT2D eigenvalue weighted by molar-refractivity contribution is 7.17. The Labute approximate surface area is 120 Å². The molecular weight excluding hydrogens is 284 g/mol. The maximum Gasteiger partial charge on any atom is 0.286 e. The molecule has 0 aliphatic heterocycles. The maximum absolute atomic E-state index is 11.8. The van der Waals surface area contributed by atoms with Crippen LogP contribution in [0.5, 0.6) is 0 Å². The molecule has 0 spiro atoms. The fraction of sp³-hybridized carbons (Fsp3) is 0.231. The summed E-state index contributed by atoms with van der Waals surface area (Å²) in [6.45, 7) is 4.02. The average molecular weight is 297 g/mol. The van der Waals surface area contributed by atoms with Gasteiger partial charge in [-0.2, -0.15) is 0 Å². The molecule has 1 aromatic heterocycles. The van der Waals surface area contributed by atoms with Gasteiger partial charge < -0.3 is 0 Å². The quantitative estimate of drug-likeness (QED) is 0.879. The Kier molecular flexibility index (Phi) is 4.52. The summed E-state index contributed by atoms with van der Waals surface area (Å²) >= 11 is 7.27. The minimum absolute atomic E-state index is 0.273.